The van der Waals surface area contributed by atoms with E-state index in [1.165, 1.54) is 10.8 Å². The Morgan fingerprint density at radius 1 is 1.50 bits per heavy atom. The number of hydrogen-bond donors (Lipinski definition) is 2. The van der Waals surface area contributed by atoms with E-state index in [0.717, 1.165) is 0 Å². The van der Waals surface area contributed by atoms with E-state index in [2.05, 4.69) is 17.2 Å². The second-order valence-electron chi connectivity index (χ2n) is 3.85. The number of morpholine rings is 1. The lowest BCUT2D eigenvalue weighted by molar-refractivity contribution is -0.0593. The molecule has 0 spiro atoms. The predicted molar refractivity (Wildman–Crippen MR) is 58.2 cm³/mol. The molecular formula is C10H14N3O3. The summed E-state index contributed by atoms with van der Waals surface area (Å²) in [6.07, 6.45) is 0.892. The third-order valence-electron chi connectivity index (χ3n) is 2.50. The molecule has 2 rings (SSSR count). The minimum atomic E-state index is -0.462. The number of rotatable bonds is 1. The Hall–Kier alpha value is -1.40. The molecule has 0 aliphatic carbocycles. The monoisotopic (exact) mass is 224 g/mol. The highest BCUT2D eigenvalue weighted by Crippen LogP contribution is 2.11. The molecule has 1 radical (unpaired) electrons. The molecule has 0 bridgehead atoms. The van der Waals surface area contributed by atoms with Crippen molar-refractivity contribution in [2.45, 2.75) is 19.3 Å². The molecule has 0 aromatic carbocycles. The maximum Gasteiger partial charge on any atom is 0.330 e. The maximum atomic E-state index is 11.6. The molecule has 6 nitrogen and oxygen atoms in total. The van der Waals surface area contributed by atoms with E-state index in [4.69, 9.17) is 4.74 Å². The summed E-state index contributed by atoms with van der Waals surface area (Å²) in [5.74, 6) is 0. The van der Waals surface area contributed by atoms with Crippen molar-refractivity contribution in [3.63, 3.8) is 0 Å². The number of H-pyrrole nitrogens is 1. The van der Waals surface area contributed by atoms with Gasteiger partial charge in [0.15, 0.2) is 6.23 Å². The number of hydrogen-bond acceptors (Lipinski definition) is 4. The first-order chi connectivity index (χ1) is 7.58. The number of nitrogens with zero attached hydrogens (tertiary/aromatic N) is 1. The van der Waals surface area contributed by atoms with Crippen LogP contribution in [0.5, 0.6) is 0 Å². The van der Waals surface area contributed by atoms with Crippen LogP contribution in [-0.2, 0) is 4.74 Å². The Morgan fingerprint density at radius 3 is 2.94 bits per heavy atom. The van der Waals surface area contributed by atoms with Crippen molar-refractivity contribution in [2.24, 2.45) is 0 Å². The van der Waals surface area contributed by atoms with Gasteiger partial charge >= 0.3 is 5.69 Å². The molecule has 6 heteroatoms. The quantitative estimate of drug-likeness (QED) is 0.652. The van der Waals surface area contributed by atoms with Crippen molar-refractivity contribution in [3.8, 4) is 0 Å². The van der Waals surface area contributed by atoms with E-state index in [-0.39, 0.29) is 11.7 Å². The Bertz CT molecular complexity index is 491. The zero-order valence-electron chi connectivity index (χ0n) is 9.03. The van der Waals surface area contributed by atoms with Gasteiger partial charge in [-0.2, -0.15) is 0 Å². The zero-order chi connectivity index (χ0) is 11.7. The summed E-state index contributed by atoms with van der Waals surface area (Å²) in [6.45, 7) is 6.60. The van der Waals surface area contributed by atoms with Crippen molar-refractivity contribution in [1.82, 2.24) is 14.9 Å². The molecule has 1 aromatic rings. The fourth-order valence-electron chi connectivity index (χ4n) is 1.65. The van der Waals surface area contributed by atoms with Crippen molar-refractivity contribution in [2.75, 3.05) is 13.1 Å². The summed E-state index contributed by atoms with van der Waals surface area (Å²) in [4.78, 5) is 25.0. The van der Waals surface area contributed by atoms with Crippen molar-refractivity contribution < 1.29 is 4.74 Å². The summed E-state index contributed by atoms with van der Waals surface area (Å²) in [5, 5.41) is 3.11. The van der Waals surface area contributed by atoms with Gasteiger partial charge in [-0.05, 0) is 13.8 Å². The Kier molecular flexibility index (Phi) is 2.93. The summed E-state index contributed by atoms with van der Waals surface area (Å²) < 4.78 is 6.89. The average molecular weight is 224 g/mol. The number of ether oxygens (including phenoxy) is 1. The maximum absolute atomic E-state index is 11.6. The Morgan fingerprint density at radius 2 is 2.25 bits per heavy atom. The van der Waals surface area contributed by atoms with Crippen LogP contribution in [0, 0.1) is 13.8 Å². The lowest BCUT2D eigenvalue weighted by Crippen LogP contribution is -2.45. The van der Waals surface area contributed by atoms with Crippen LogP contribution in [0.1, 0.15) is 11.8 Å². The summed E-state index contributed by atoms with van der Waals surface area (Å²) in [6, 6.07) is 0. The summed E-state index contributed by atoms with van der Waals surface area (Å²) >= 11 is 0. The summed E-state index contributed by atoms with van der Waals surface area (Å²) in [7, 11) is 0. The molecule has 0 unspecified atom stereocenters. The molecule has 87 valence electrons. The zero-order valence-corrected chi connectivity index (χ0v) is 9.03. The molecule has 16 heavy (non-hydrogen) atoms. The van der Waals surface area contributed by atoms with E-state index in [1.807, 2.05) is 0 Å². The smallest absolute Gasteiger partial charge is 0.330 e. The van der Waals surface area contributed by atoms with Gasteiger partial charge in [-0.1, -0.05) is 0 Å². The molecular weight excluding hydrogens is 210 g/mol. The average Bonchev–Trinajstić information content (AvgIpc) is 2.23. The van der Waals surface area contributed by atoms with Crippen LogP contribution >= 0.6 is 0 Å². The third-order valence-corrected chi connectivity index (χ3v) is 2.50. The van der Waals surface area contributed by atoms with Crippen LogP contribution in [-0.4, -0.2) is 28.7 Å². The SMILES string of the molecule is [CH2][C@H]1CNC[C@H](n2cc(C)c(=O)[nH]c2=O)O1. The van der Waals surface area contributed by atoms with Gasteiger partial charge in [0.05, 0.1) is 6.10 Å². The van der Waals surface area contributed by atoms with Crippen molar-refractivity contribution in [1.29, 1.82) is 0 Å². The molecule has 1 saturated heterocycles. The van der Waals surface area contributed by atoms with Crippen LogP contribution in [0.4, 0.5) is 0 Å². The lowest BCUT2D eigenvalue weighted by atomic mass is 10.3. The number of aromatic amines is 1. The number of nitrogens with one attached hydrogen (secondary N) is 2. The fourth-order valence-corrected chi connectivity index (χ4v) is 1.65. The van der Waals surface area contributed by atoms with Crippen LogP contribution < -0.4 is 16.6 Å². The van der Waals surface area contributed by atoms with Crippen molar-refractivity contribution in [3.05, 3.63) is 39.5 Å². The molecule has 2 heterocycles. The largest absolute Gasteiger partial charge is 0.352 e. The van der Waals surface area contributed by atoms with E-state index in [1.54, 1.807) is 6.92 Å². The molecule has 0 saturated carbocycles. The molecule has 1 aliphatic rings. The van der Waals surface area contributed by atoms with E-state index < -0.39 is 11.9 Å². The predicted octanol–water partition coefficient (Wildman–Crippen LogP) is -0.834. The fraction of sp³-hybridized carbons (Fsp3) is 0.500. The van der Waals surface area contributed by atoms with Crippen LogP contribution in [0.25, 0.3) is 0 Å². The second kappa shape index (κ2) is 4.23. The lowest BCUT2D eigenvalue weighted by Gasteiger charge is -2.29. The van der Waals surface area contributed by atoms with Gasteiger partial charge in [-0.3, -0.25) is 14.3 Å². The molecule has 0 amide bonds. The molecule has 2 N–H and O–H groups in total. The normalized spacial score (nSPS) is 25.6. The highest BCUT2D eigenvalue weighted by Gasteiger charge is 2.21. The van der Waals surface area contributed by atoms with Crippen LogP contribution in [0.15, 0.2) is 15.8 Å². The Balaban J connectivity index is 2.36. The van der Waals surface area contributed by atoms with E-state index in [9.17, 15) is 9.59 Å². The summed E-state index contributed by atoms with van der Waals surface area (Å²) in [5.41, 5.74) is -0.345. The van der Waals surface area contributed by atoms with Gasteiger partial charge in [0.2, 0.25) is 0 Å². The minimum Gasteiger partial charge on any atom is -0.352 e. The van der Waals surface area contributed by atoms with E-state index >= 15 is 0 Å². The number of aryl methyl sites for hydroxylation is 1. The van der Waals surface area contributed by atoms with Crippen molar-refractivity contribution >= 4 is 0 Å². The molecule has 1 aromatic heterocycles. The topological polar surface area (TPSA) is 76.1 Å². The highest BCUT2D eigenvalue weighted by molar-refractivity contribution is 5.01. The third kappa shape index (κ3) is 2.07. The van der Waals surface area contributed by atoms with E-state index in [0.29, 0.717) is 18.7 Å². The molecule has 2 atom stereocenters. The van der Waals surface area contributed by atoms with Gasteiger partial charge in [0, 0.05) is 24.8 Å². The van der Waals surface area contributed by atoms with Gasteiger partial charge in [0.25, 0.3) is 5.56 Å². The van der Waals surface area contributed by atoms with Crippen LogP contribution in [0.2, 0.25) is 0 Å². The molecule has 1 aliphatic heterocycles. The van der Waals surface area contributed by atoms with Gasteiger partial charge in [-0.15, -0.1) is 0 Å². The standard InChI is InChI=1S/C10H14N3O3/c1-6-5-13(10(15)12-9(6)14)8-4-11-3-7(2)16-8/h5,7-8,11H,2-4H2,1H3,(H,12,14,15)/t7-,8+/m0/s1. The second-order valence-corrected chi connectivity index (χ2v) is 3.85. The first-order valence-electron chi connectivity index (χ1n) is 5.09. The van der Waals surface area contributed by atoms with Crippen LogP contribution in [0.3, 0.4) is 0 Å². The van der Waals surface area contributed by atoms with Gasteiger partial charge in [0.1, 0.15) is 0 Å². The minimum absolute atomic E-state index is 0.196. The number of aromatic nitrogens is 2. The highest BCUT2D eigenvalue weighted by atomic mass is 16.5. The van der Waals surface area contributed by atoms with Gasteiger partial charge in [-0.25, -0.2) is 4.79 Å². The molecule has 1 fully saturated rings. The Labute approximate surface area is 92.3 Å². The first kappa shape index (κ1) is 11.1. The van der Waals surface area contributed by atoms with Gasteiger partial charge < -0.3 is 10.1 Å². The first-order valence-corrected chi connectivity index (χ1v) is 5.09.